The fourth-order valence-corrected chi connectivity index (χ4v) is 4.11. The first-order valence-corrected chi connectivity index (χ1v) is 10.5. The first kappa shape index (κ1) is 18.7. The van der Waals surface area contributed by atoms with Crippen LogP contribution < -0.4 is 11.1 Å². The van der Waals surface area contributed by atoms with Crippen LogP contribution in [0, 0.1) is 0 Å². The van der Waals surface area contributed by atoms with Gasteiger partial charge in [-0.1, -0.05) is 41.9 Å². The minimum Gasteiger partial charge on any atom is -0.382 e. The first-order valence-electron chi connectivity index (χ1n) is 8.97. The lowest BCUT2D eigenvalue weighted by molar-refractivity contribution is 0.217. The zero-order valence-electron chi connectivity index (χ0n) is 15.1. The molecule has 0 bridgehead atoms. The molecule has 1 fully saturated rings. The van der Waals surface area contributed by atoms with E-state index in [2.05, 4.69) is 10.4 Å². The molecule has 3 N–H and O–H groups in total. The quantitative estimate of drug-likeness (QED) is 0.669. The summed E-state index contributed by atoms with van der Waals surface area (Å²) < 4.78 is 1.64. The summed E-state index contributed by atoms with van der Waals surface area (Å²) in [7, 11) is 0. The molecular formula is C20H20ClN5OS. The molecule has 1 aliphatic heterocycles. The number of rotatable bonds is 3. The number of hydrogen-bond donors (Lipinski definition) is 2. The molecule has 0 saturated carbocycles. The van der Waals surface area contributed by atoms with E-state index in [-0.39, 0.29) is 6.03 Å². The zero-order chi connectivity index (χ0) is 19.5. The number of anilines is 2. The molecule has 0 radical (unpaired) electrons. The average molecular weight is 414 g/mol. The number of amides is 2. The minimum atomic E-state index is -0.158. The average Bonchev–Trinajstić information content (AvgIpc) is 3.06. The largest absolute Gasteiger partial charge is 0.382 e. The highest BCUT2D eigenvalue weighted by Gasteiger charge is 2.23. The van der Waals surface area contributed by atoms with Crippen molar-refractivity contribution in [2.24, 2.45) is 0 Å². The smallest absolute Gasteiger partial charge is 0.322 e. The van der Waals surface area contributed by atoms with Gasteiger partial charge in [0.1, 0.15) is 11.4 Å². The topological polar surface area (TPSA) is 76.2 Å². The second-order valence-corrected chi connectivity index (χ2v) is 8.05. The number of benzene rings is 2. The standard InChI is InChI=1S/C20H20ClN5OS/c21-15-8-6-14(7-9-15)17-18(23-20(27)25-10-12-28-13-11-25)19(22)26(24-17)16-4-2-1-3-5-16/h1-9H,10-13,22H2,(H,23,27). The third-order valence-corrected chi connectivity index (χ3v) is 5.76. The number of para-hydroxylation sites is 1. The summed E-state index contributed by atoms with van der Waals surface area (Å²) in [6, 6.07) is 16.8. The maximum absolute atomic E-state index is 12.8. The summed E-state index contributed by atoms with van der Waals surface area (Å²) >= 11 is 7.88. The number of nitrogens with two attached hydrogens (primary N) is 1. The van der Waals surface area contributed by atoms with E-state index in [0.717, 1.165) is 35.8 Å². The van der Waals surface area contributed by atoms with Gasteiger partial charge in [-0.05, 0) is 24.3 Å². The van der Waals surface area contributed by atoms with Gasteiger partial charge >= 0.3 is 6.03 Å². The van der Waals surface area contributed by atoms with Crippen LogP contribution in [-0.2, 0) is 0 Å². The Bertz CT molecular complexity index is 968. The molecule has 8 heteroatoms. The van der Waals surface area contributed by atoms with Gasteiger partial charge in [0.2, 0.25) is 0 Å². The van der Waals surface area contributed by atoms with Gasteiger partial charge in [0, 0.05) is 35.2 Å². The maximum Gasteiger partial charge on any atom is 0.322 e. The first-order chi connectivity index (χ1) is 13.6. The Morgan fingerprint density at radius 1 is 1.07 bits per heavy atom. The summed E-state index contributed by atoms with van der Waals surface area (Å²) in [5.74, 6) is 2.27. The van der Waals surface area contributed by atoms with Crippen molar-refractivity contribution in [1.29, 1.82) is 0 Å². The van der Waals surface area contributed by atoms with Gasteiger partial charge in [-0.3, -0.25) is 0 Å². The van der Waals surface area contributed by atoms with Crippen molar-refractivity contribution in [3.8, 4) is 16.9 Å². The third kappa shape index (κ3) is 3.81. The van der Waals surface area contributed by atoms with Crippen LogP contribution in [0.5, 0.6) is 0 Å². The van der Waals surface area contributed by atoms with Crippen LogP contribution in [0.1, 0.15) is 0 Å². The van der Waals surface area contributed by atoms with Crippen molar-refractivity contribution in [2.75, 3.05) is 35.6 Å². The van der Waals surface area contributed by atoms with Gasteiger partial charge in [-0.2, -0.15) is 16.9 Å². The Balaban J connectivity index is 1.75. The van der Waals surface area contributed by atoms with E-state index in [1.807, 2.05) is 54.2 Å². The van der Waals surface area contributed by atoms with E-state index < -0.39 is 0 Å². The molecule has 0 spiro atoms. The molecule has 6 nitrogen and oxygen atoms in total. The van der Waals surface area contributed by atoms with Gasteiger partial charge < -0.3 is 16.0 Å². The van der Waals surface area contributed by atoms with Gasteiger partial charge in [0.15, 0.2) is 5.82 Å². The maximum atomic E-state index is 12.8. The van der Waals surface area contributed by atoms with Crippen LogP contribution in [0.4, 0.5) is 16.3 Å². The van der Waals surface area contributed by atoms with Crippen LogP contribution >= 0.6 is 23.4 Å². The van der Waals surface area contributed by atoms with Crippen molar-refractivity contribution in [3.05, 3.63) is 59.6 Å². The van der Waals surface area contributed by atoms with Crippen LogP contribution in [0.2, 0.25) is 5.02 Å². The third-order valence-electron chi connectivity index (χ3n) is 4.57. The molecule has 4 rings (SSSR count). The van der Waals surface area contributed by atoms with Crippen molar-refractivity contribution >= 4 is 40.9 Å². The van der Waals surface area contributed by atoms with E-state index >= 15 is 0 Å². The number of aromatic nitrogens is 2. The lowest BCUT2D eigenvalue weighted by Gasteiger charge is -2.26. The van der Waals surface area contributed by atoms with Gasteiger partial charge in [0.05, 0.1) is 5.69 Å². The molecule has 0 unspecified atom stereocenters. The Hall–Kier alpha value is -2.64. The number of hydrogen-bond acceptors (Lipinski definition) is 4. The normalized spacial score (nSPS) is 14.1. The molecule has 2 heterocycles. The van der Waals surface area contributed by atoms with E-state index in [0.29, 0.717) is 22.2 Å². The van der Waals surface area contributed by atoms with Crippen LogP contribution in [0.25, 0.3) is 16.9 Å². The highest BCUT2D eigenvalue weighted by molar-refractivity contribution is 7.99. The molecule has 0 aliphatic carbocycles. The number of nitrogens with zero attached hydrogens (tertiary/aromatic N) is 3. The van der Waals surface area contributed by atoms with Crippen LogP contribution in [0.3, 0.4) is 0 Å². The predicted octanol–water partition coefficient (Wildman–Crippen LogP) is 4.36. The van der Waals surface area contributed by atoms with Crippen molar-refractivity contribution < 1.29 is 4.79 Å². The van der Waals surface area contributed by atoms with E-state index in [4.69, 9.17) is 17.3 Å². The van der Waals surface area contributed by atoms with Gasteiger partial charge in [-0.15, -0.1) is 0 Å². The summed E-state index contributed by atoms with van der Waals surface area (Å²) in [5.41, 5.74) is 9.19. The molecule has 1 saturated heterocycles. The number of nitrogens with one attached hydrogen (secondary N) is 1. The molecular weight excluding hydrogens is 394 g/mol. The van der Waals surface area contributed by atoms with Crippen LogP contribution in [0.15, 0.2) is 54.6 Å². The summed E-state index contributed by atoms with van der Waals surface area (Å²) in [6.07, 6.45) is 0. The number of carbonyl (C=O) groups excluding carboxylic acids is 1. The van der Waals surface area contributed by atoms with Gasteiger partial charge in [-0.25, -0.2) is 9.48 Å². The monoisotopic (exact) mass is 413 g/mol. The second-order valence-electron chi connectivity index (χ2n) is 6.39. The predicted molar refractivity (Wildman–Crippen MR) is 116 cm³/mol. The number of nitrogen functional groups attached to an aromatic ring is 1. The number of thioether (sulfide) groups is 1. The highest BCUT2D eigenvalue weighted by Crippen LogP contribution is 2.35. The summed E-state index contributed by atoms with van der Waals surface area (Å²) in [4.78, 5) is 14.6. The Morgan fingerprint density at radius 3 is 2.43 bits per heavy atom. The number of urea groups is 1. The molecule has 2 amide bonds. The van der Waals surface area contributed by atoms with E-state index in [1.54, 1.807) is 21.7 Å². The van der Waals surface area contributed by atoms with Crippen molar-refractivity contribution in [1.82, 2.24) is 14.7 Å². The Morgan fingerprint density at radius 2 is 1.75 bits per heavy atom. The highest BCUT2D eigenvalue weighted by atomic mass is 35.5. The van der Waals surface area contributed by atoms with E-state index in [9.17, 15) is 4.79 Å². The van der Waals surface area contributed by atoms with Crippen molar-refractivity contribution in [3.63, 3.8) is 0 Å². The molecule has 144 valence electrons. The Kier molecular flexibility index (Phi) is 5.45. The second kappa shape index (κ2) is 8.16. The van der Waals surface area contributed by atoms with E-state index in [1.165, 1.54) is 0 Å². The Labute approximate surface area is 172 Å². The SMILES string of the molecule is Nc1c(NC(=O)N2CCSCC2)c(-c2ccc(Cl)cc2)nn1-c1ccccc1. The van der Waals surface area contributed by atoms with Crippen molar-refractivity contribution in [2.45, 2.75) is 0 Å². The molecule has 3 aromatic rings. The molecule has 1 aliphatic rings. The van der Waals surface area contributed by atoms with Crippen LogP contribution in [-0.4, -0.2) is 45.3 Å². The number of halogens is 1. The molecule has 2 aromatic carbocycles. The lowest BCUT2D eigenvalue weighted by Crippen LogP contribution is -2.40. The number of carbonyl (C=O) groups is 1. The molecule has 0 atom stereocenters. The fraction of sp³-hybridized carbons (Fsp3) is 0.200. The zero-order valence-corrected chi connectivity index (χ0v) is 16.7. The van der Waals surface area contributed by atoms with Gasteiger partial charge in [0.25, 0.3) is 0 Å². The molecule has 28 heavy (non-hydrogen) atoms. The summed E-state index contributed by atoms with van der Waals surface area (Å²) in [5, 5.41) is 8.31. The lowest BCUT2D eigenvalue weighted by atomic mass is 10.1. The summed E-state index contributed by atoms with van der Waals surface area (Å²) in [6.45, 7) is 1.44. The molecule has 1 aromatic heterocycles. The minimum absolute atomic E-state index is 0.158. The fourth-order valence-electron chi connectivity index (χ4n) is 3.08.